The van der Waals surface area contributed by atoms with Crippen LogP contribution in [0, 0.1) is 10.1 Å². The molecule has 0 radical (unpaired) electrons. The molecule has 0 amide bonds. The zero-order valence-electron chi connectivity index (χ0n) is 11.8. The van der Waals surface area contributed by atoms with Gasteiger partial charge < -0.3 is 10.6 Å². The van der Waals surface area contributed by atoms with Crippen LogP contribution in [0.15, 0.2) is 6.20 Å². The SMILES string of the molecule is CCN(CC)C1CCN(c2nc(N)ncc2[N+](=O)[O-])C1. The van der Waals surface area contributed by atoms with Crippen LogP contribution in [0.4, 0.5) is 17.5 Å². The topological polar surface area (TPSA) is 101 Å². The second kappa shape index (κ2) is 6.00. The molecule has 1 unspecified atom stereocenters. The molecule has 2 rings (SSSR count). The monoisotopic (exact) mass is 280 g/mol. The minimum atomic E-state index is -0.459. The number of aromatic nitrogens is 2. The largest absolute Gasteiger partial charge is 0.368 e. The van der Waals surface area contributed by atoms with Gasteiger partial charge in [0.15, 0.2) is 0 Å². The molecule has 0 bridgehead atoms. The van der Waals surface area contributed by atoms with Crippen molar-refractivity contribution in [2.75, 3.05) is 36.8 Å². The summed E-state index contributed by atoms with van der Waals surface area (Å²) >= 11 is 0. The van der Waals surface area contributed by atoms with Gasteiger partial charge in [-0.2, -0.15) is 4.98 Å². The molecule has 1 aromatic heterocycles. The molecular weight excluding hydrogens is 260 g/mol. The number of rotatable bonds is 5. The van der Waals surface area contributed by atoms with Gasteiger partial charge in [-0.3, -0.25) is 15.0 Å². The number of nitrogens with zero attached hydrogens (tertiary/aromatic N) is 5. The Hall–Kier alpha value is -1.96. The van der Waals surface area contributed by atoms with E-state index in [1.54, 1.807) is 0 Å². The normalized spacial score (nSPS) is 18.8. The Morgan fingerprint density at radius 2 is 2.25 bits per heavy atom. The van der Waals surface area contributed by atoms with Crippen LogP contribution in [0.3, 0.4) is 0 Å². The van der Waals surface area contributed by atoms with Gasteiger partial charge in [-0.1, -0.05) is 13.8 Å². The van der Waals surface area contributed by atoms with Crippen LogP contribution in [-0.4, -0.2) is 52.0 Å². The maximum absolute atomic E-state index is 11.1. The summed E-state index contributed by atoms with van der Waals surface area (Å²) in [4.78, 5) is 22.7. The highest BCUT2D eigenvalue weighted by Crippen LogP contribution is 2.29. The minimum Gasteiger partial charge on any atom is -0.368 e. The predicted octanol–water partition coefficient (Wildman–Crippen LogP) is 0.887. The van der Waals surface area contributed by atoms with E-state index in [4.69, 9.17) is 5.73 Å². The molecule has 0 saturated carbocycles. The van der Waals surface area contributed by atoms with E-state index < -0.39 is 4.92 Å². The van der Waals surface area contributed by atoms with Crippen molar-refractivity contribution in [3.05, 3.63) is 16.3 Å². The summed E-state index contributed by atoms with van der Waals surface area (Å²) in [6, 6.07) is 0.404. The number of nitrogen functional groups attached to an aromatic ring is 1. The van der Waals surface area contributed by atoms with Crippen molar-refractivity contribution >= 4 is 17.5 Å². The number of nitro groups is 1. The average molecular weight is 280 g/mol. The lowest BCUT2D eigenvalue weighted by Crippen LogP contribution is -2.37. The molecule has 1 fully saturated rings. The molecule has 2 N–H and O–H groups in total. The van der Waals surface area contributed by atoms with Gasteiger partial charge in [-0.15, -0.1) is 0 Å². The Morgan fingerprint density at radius 1 is 1.55 bits per heavy atom. The van der Waals surface area contributed by atoms with Gasteiger partial charge in [0.2, 0.25) is 11.8 Å². The van der Waals surface area contributed by atoms with Crippen LogP contribution >= 0.6 is 0 Å². The Balaban J connectivity index is 2.21. The van der Waals surface area contributed by atoms with Crippen LogP contribution < -0.4 is 10.6 Å². The molecule has 0 aliphatic carbocycles. The highest BCUT2D eigenvalue weighted by molar-refractivity contribution is 5.59. The zero-order valence-corrected chi connectivity index (χ0v) is 11.8. The van der Waals surface area contributed by atoms with Crippen molar-refractivity contribution in [3.8, 4) is 0 Å². The fraction of sp³-hybridized carbons (Fsp3) is 0.667. The molecule has 20 heavy (non-hydrogen) atoms. The molecule has 0 spiro atoms. The van der Waals surface area contributed by atoms with Gasteiger partial charge in [0.1, 0.15) is 6.20 Å². The molecule has 1 aliphatic heterocycles. The van der Waals surface area contributed by atoms with E-state index in [-0.39, 0.29) is 11.6 Å². The number of hydrogen-bond acceptors (Lipinski definition) is 7. The van der Waals surface area contributed by atoms with Gasteiger partial charge in [0, 0.05) is 19.1 Å². The van der Waals surface area contributed by atoms with Crippen LogP contribution in [0.25, 0.3) is 0 Å². The van der Waals surface area contributed by atoms with E-state index in [9.17, 15) is 10.1 Å². The summed E-state index contributed by atoms with van der Waals surface area (Å²) in [5, 5.41) is 11.1. The van der Waals surface area contributed by atoms with Crippen LogP contribution in [-0.2, 0) is 0 Å². The summed E-state index contributed by atoms with van der Waals surface area (Å²) in [6.45, 7) is 7.68. The third kappa shape index (κ3) is 2.79. The van der Waals surface area contributed by atoms with E-state index in [0.29, 0.717) is 11.9 Å². The zero-order chi connectivity index (χ0) is 14.7. The molecule has 8 nitrogen and oxygen atoms in total. The highest BCUT2D eigenvalue weighted by atomic mass is 16.6. The lowest BCUT2D eigenvalue weighted by atomic mass is 10.2. The van der Waals surface area contributed by atoms with Crippen molar-refractivity contribution in [2.24, 2.45) is 0 Å². The summed E-state index contributed by atoms with van der Waals surface area (Å²) in [6.07, 6.45) is 2.16. The summed E-state index contributed by atoms with van der Waals surface area (Å²) in [5.74, 6) is 0.397. The predicted molar refractivity (Wildman–Crippen MR) is 76.6 cm³/mol. The molecule has 1 aromatic rings. The average Bonchev–Trinajstić information content (AvgIpc) is 2.89. The standard InChI is InChI=1S/C12H20N6O2/c1-3-16(4-2)9-5-6-17(8-9)11-10(18(19)20)7-14-12(13)15-11/h7,9H,3-6,8H2,1-2H3,(H2,13,14,15). The quantitative estimate of drug-likeness (QED) is 0.631. The number of anilines is 2. The molecular formula is C12H20N6O2. The lowest BCUT2D eigenvalue weighted by molar-refractivity contribution is -0.384. The third-order valence-corrected chi connectivity index (χ3v) is 3.76. The molecule has 1 saturated heterocycles. The van der Waals surface area contributed by atoms with Crippen LogP contribution in [0.5, 0.6) is 0 Å². The molecule has 110 valence electrons. The van der Waals surface area contributed by atoms with Crippen molar-refractivity contribution in [2.45, 2.75) is 26.3 Å². The third-order valence-electron chi connectivity index (χ3n) is 3.76. The summed E-state index contributed by atoms with van der Waals surface area (Å²) < 4.78 is 0. The van der Waals surface area contributed by atoms with E-state index in [1.807, 2.05) is 4.90 Å². The smallest absolute Gasteiger partial charge is 0.329 e. The summed E-state index contributed by atoms with van der Waals surface area (Å²) in [5.41, 5.74) is 5.48. The fourth-order valence-electron chi connectivity index (χ4n) is 2.71. The molecule has 1 atom stereocenters. The maximum Gasteiger partial charge on any atom is 0.329 e. The fourth-order valence-corrected chi connectivity index (χ4v) is 2.71. The van der Waals surface area contributed by atoms with Gasteiger partial charge in [0.05, 0.1) is 4.92 Å². The minimum absolute atomic E-state index is 0.0666. The molecule has 0 aromatic carbocycles. The second-order valence-electron chi connectivity index (χ2n) is 4.80. The van der Waals surface area contributed by atoms with E-state index in [2.05, 4.69) is 28.7 Å². The molecule has 8 heteroatoms. The Morgan fingerprint density at radius 3 is 2.85 bits per heavy atom. The summed E-state index contributed by atoms with van der Waals surface area (Å²) in [7, 11) is 0. The van der Waals surface area contributed by atoms with Crippen molar-refractivity contribution in [1.82, 2.24) is 14.9 Å². The van der Waals surface area contributed by atoms with Gasteiger partial charge >= 0.3 is 5.69 Å². The Bertz CT molecular complexity index is 491. The highest BCUT2D eigenvalue weighted by Gasteiger charge is 2.31. The van der Waals surface area contributed by atoms with Crippen molar-refractivity contribution in [3.63, 3.8) is 0 Å². The first-order valence-corrected chi connectivity index (χ1v) is 6.82. The number of likely N-dealkylation sites (N-methyl/N-ethyl adjacent to an activating group) is 1. The first-order valence-electron chi connectivity index (χ1n) is 6.82. The van der Waals surface area contributed by atoms with Gasteiger partial charge in [0.25, 0.3) is 0 Å². The Labute approximate surface area is 117 Å². The van der Waals surface area contributed by atoms with Crippen molar-refractivity contribution in [1.29, 1.82) is 0 Å². The number of hydrogen-bond donors (Lipinski definition) is 1. The molecule has 1 aliphatic rings. The van der Waals surface area contributed by atoms with E-state index in [0.717, 1.165) is 32.6 Å². The van der Waals surface area contributed by atoms with E-state index >= 15 is 0 Å². The number of nitrogens with two attached hydrogens (primary N) is 1. The lowest BCUT2D eigenvalue weighted by Gasteiger charge is -2.26. The molecule has 2 heterocycles. The Kier molecular flexibility index (Phi) is 4.33. The van der Waals surface area contributed by atoms with Crippen LogP contribution in [0.1, 0.15) is 20.3 Å². The second-order valence-corrected chi connectivity index (χ2v) is 4.80. The van der Waals surface area contributed by atoms with E-state index in [1.165, 1.54) is 6.20 Å². The van der Waals surface area contributed by atoms with Gasteiger partial charge in [-0.05, 0) is 19.5 Å². The van der Waals surface area contributed by atoms with Crippen molar-refractivity contribution < 1.29 is 4.92 Å². The first-order chi connectivity index (χ1) is 9.56. The van der Waals surface area contributed by atoms with Gasteiger partial charge in [-0.25, -0.2) is 4.98 Å². The first kappa shape index (κ1) is 14.4. The maximum atomic E-state index is 11.1. The van der Waals surface area contributed by atoms with Crippen LogP contribution in [0.2, 0.25) is 0 Å².